The lowest BCUT2D eigenvalue weighted by Crippen LogP contribution is -2.31. The van der Waals surface area contributed by atoms with Gasteiger partial charge >= 0.3 is 11.9 Å². The number of rotatable bonds is 12. The van der Waals surface area contributed by atoms with Crippen LogP contribution in [0.3, 0.4) is 0 Å². The molecule has 9 heteroatoms. The highest BCUT2D eigenvalue weighted by Crippen LogP contribution is 2.38. The lowest BCUT2D eigenvalue weighted by atomic mass is 9.89. The van der Waals surface area contributed by atoms with E-state index in [9.17, 15) is 9.59 Å². The van der Waals surface area contributed by atoms with Gasteiger partial charge in [0.2, 0.25) is 0 Å². The summed E-state index contributed by atoms with van der Waals surface area (Å²) in [7, 11) is 0. The van der Waals surface area contributed by atoms with Crippen LogP contribution in [0.1, 0.15) is 74.5 Å². The SMILES string of the molecule is CC#CC(CC(=O)O)c1ccc(OCc2cccc(C3=CCC4(CC3)OCCO4)c2)cc1.NCCCCC(N)C(=O)O. The van der Waals surface area contributed by atoms with Crippen molar-refractivity contribution in [2.45, 2.75) is 76.2 Å². The number of hydrogen-bond donors (Lipinski definition) is 4. The van der Waals surface area contributed by atoms with E-state index in [0.29, 0.717) is 32.8 Å². The van der Waals surface area contributed by atoms with Crippen molar-refractivity contribution in [3.8, 4) is 17.6 Å². The molecule has 0 radical (unpaired) electrons. The van der Waals surface area contributed by atoms with Crippen LogP contribution in [0.15, 0.2) is 54.6 Å². The zero-order valence-electron chi connectivity index (χ0n) is 24.2. The van der Waals surface area contributed by atoms with E-state index in [1.165, 1.54) is 11.1 Å². The molecule has 4 rings (SSSR count). The van der Waals surface area contributed by atoms with Gasteiger partial charge in [-0.2, -0.15) is 0 Å². The Bertz CT molecular complexity index is 1260. The third-order valence-electron chi connectivity index (χ3n) is 7.22. The van der Waals surface area contributed by atoms with Gasteiger partial charge in [0, 0.05) is 12.8 Å². The molecule has 1 aliphatic heterocycles. The second-order valence-electron chi connectivity index (χ2n) is 10.4. The number of allylic oxidation sites excluding steroid dienone is 1. The first-order valence-corrected chi connectivity index (χ1v) is 14.4. The molecular formula is C33H42N2O7. The van der Waals surface area contributed by atoms with Gasteiger partial charge in [-0.3, -0.25) is 9.59 Å². The molecule has 2 aliphatic rings. The Morgan fingerprint density at radius 3 is 2.43 bits per heavy atom. The smallest absolute Gasteiger partial charge is 0.320 e. The maximum Gasteiger partial charge on any atom is 0.320 e. The number of hydrogen-bond acceptors (Lipinski definition) is 7. The van der Waals surface area contributed by atoms with Crippen molar-refractivity contribution < 1.29 is 34.0 Å². The molecule has 1 aliphatic carbocycles. The fourth-order valence-corrected chi connectivity index (χ4v) is 4.89. The predicted molar refractivity (Wildman–Crippen MR) is 161 cm³/mol. The predicted octanol–water partition coefficient (Wildman–Crippen LogP) is 4.68. The third kappa shape index (κ3) is 10.3. The Morgan fingerprint density at radius 1 is 1.10 bits per heavy atom. The molecule has 0 amide bonds. The lowest BCUT2D eigenvalue weighted by Gasteiger charge is -2.30. The molecule has 2 aromatic rings. The van der Waals surface area contributed by atoms with Gasteiger partial charge in [-0.05, 0) is 73.2 Å². The van der Waals surface area contributed by atoms with E-state index in [2.05, 4.69) is 42.2 Å². The van der Waals surface area contributed by atoms with Crippen LogP contribution in [-0.2, 0) is 25.7 Å². The van der Waals surface area contributed by atoms with Crippen molar-refractivity contribution in [2.24, 2.45) is 11.5 Å². The first-order chi connectivity index (χ1) is 20.2. The van der Waals surface area contributed by atoms with Gasteiger partial charge in [-0.15, -0.1) is 5.92 Å². The number of ether oxygens (including phenoxy) is 3. The van der Waals surface area contributed by atoms with E-state index >= 15 is 0 Å². The largest absolute Gasteiger partial charge is 0.489 e. The molecule has 1 heterocycles. The first kappa shape index (κ1) is 32.8. The summed E-state index contributed by atoms with van der Waals surface area (Å²) in [5.74, 6) is 4.02. The lowest BCUT2D eigenvalue weighted by molar-refractivity contribution is -0.159. The van der Waals surface area contributed by atoms with E-state index in [-0.39, 0.29) is 12.3 Å². The number of carboxylic acid groups (broad SMARTS) is 2. The van der Waals surface area contributed by atoms with Crippen molar-refractivity contribution in [3.63, 3.8) is 0 Å². The van der Waals surface area contributed by atoms with E-state index in [0.717, 1.165) is 49.0 Å². The van der Waals surface area contributed by atoms with Crippen LogP contribution in [0.2, 0.25) is 0 Å². The third-order valence-corrected chi connectivity index (χ3v) is 7.22. The second kappa shape index (κ2) is 16.7. The van der Waals surface area contributed by atoms with E-state index in [4.69, 9.17) is 35.9 Å². The van der Waals surface area contributed by atoms with Gasteiger partial charge in [0.05, 0.1) is 25.6 Å². The molecule has 1 spiro atoms. The molecule has 6 N–H and O–H groups in total. The number of carbonyl (C=O) groups is 2. The van der Waals surface area contributed by atoms with Gasteiger partial charge in [-0.1, -0.05) is 48.7 Å². The van der Waals surface area contributed by atoms with Gasteiger partial charge in [-0.25, -0.2) is 0 Å². The number of aliphatic carboxylic acids is 2. The minimum absolute atomic E-state index is 0.0109. The van der Waals surface area contributed by atoms with Crippen LogP contribution >= 0.6 is 0 Å². The van der Waals surface area contributed by atoms with E-state index in [1.54, 1.807) is 6.92 Å². The number of nitrogens with two attached hydrogens (primary N) is 2. The van der Waals surface area contributed by atoms with Crippen LogP contribution in [-0.4, -0.2) is 53.7 Å². The first-order valence-electron chi connectivity index (χ1n) is 14.4. The molecule has 2 unspecified atom stereocenters. The summed E-state index contributed by atoms with van der Waals surface area (Å²) < 4.78 is 17.6. The maximum absolute atomic E-state index is 11.1. The normalized spacial score (nSPS) is 16.7. The fourth-order valence-electron chi connectivity index (χ4n) is 4.89. The molecule has 1 fully saturated rings. The summed E-state index contributed by atoms with van der Waals surface area (Å²) >= 11 is 0. The molecule has 9 nitrogen and oxygen atoms in total. The van der Waals surface area contributed by atoms with Gasteiger partial charge in [0.25, 0.3) is 0 Å². The summed E-state index contributed by atoms with van der Waals surface area (Å²) in [6, 6.07) is 15.2. The number of unbranched alkanes of at least 4 members (excludes halogenated alkanes) is 1. The minimum Gasteiger partial charge on any atom is -0.489 e. The highest BCUT2D eigenvalue weighted by atomic mass is 16.7. The van der Waals surface area contributed by atoms with Gasteiger partial charge < -0.3 is 35.9 Å². The van der Waals surface area contributed by atoms with Crippen LogP contribution < -0.4 is 16.2 Å². The standard InChI is InChI=1S/C27H28O5.C6H14N2O2/c1-2-4-23(18-26(28)29)21-7-9-25(10-8-21)30-19-20-5-3-6-24(17-20)22-11-13-27(14-12-22)31-15-16-32-27;7-4-2-1-3-5(8)6(9)10/h3,5-11,17,23H,12-16,18-19H2,1H3,(H,28,29);5H,1-4,7-8H2,(H,9,10). The Labute approximate surface area is 247 Å². The highest BCUT2D eigenvalue weighted by Gasteiger charge is 2.37. The average Bonchev–Trinajstić information content (AvgIpc) is 3.44. The van der Waals surface area contributed by atoms with E-state index in [1.807, 2.05) is 24.3 Å². The monoisotopic (exact) mass is 578 g/mol. The zero-order valence-corrected chi connectivity index (χ0v) is 24.2. The van der Waals surface area contributed by atoms with Gasteiger partial charge in [0.1, 0.15) is 18.4 Å². The Kier molecular flexibility index (Phi) is 13.0. The van der Waals surface area contributed by atoms with Crippen LogP contribution in [0.5, 0.6) is 5.75 Å². The number of benzene rings is 2. The molecule has 2 atom stereocenters. The Hall–Kier alpha value is -3.68. The summed E-state index contributed by atoms with van der Waals surface area (Å²) in [5, 5.41) is 17.4. The summed E-state index contributed by atoms with van der Waals surface area (Å²) in [6.45, 7) is 4.15. The maximum atomic E-state index is 11.1. The number of carboxylic acids is 2. The Balaban J connectivity index is 0.000000416. The second-order valence-corrected chi connectivity index (χ2v) is 10.4. The molecule has 2 aromatic carbocycles. The van der Waals surface area contributed by atoms with Crippen LogP contribution in [0.25, 0.3) is 5.57 Å². The Morgan fingerprint density at radius 2 is 1.83 bits per heavy atom. The molecule has 0 bridgehead atoms. The molecule has 42 heavy (non-hydrogen) atoms. The summed E-state index contributed by atoms with van der Waals surface area (Å²) in [6.07, 6.45) is 7.00. The van der Waals surface area contributed by atoms with Crippen LogP contribution in [0.4, 0.5) is 0 Å². The van der Waals surface area contributed by atoms with Gasteiger partial charge in [0.15, 0.2) is 5.79 Å². The van der Waals surface area contributed by atoms with Crippen molar-refractivity contribution in [1.82, 2.24) is 0 Å². The minimum atomic E-state index is -0.933. The topological polar surface area (TPSA) is 154 Å². The summed E-state index contributed by atoms with van der Waals surface area (Å²) in [5.41, 5.74) is 14.9. The molecule has 0 saturated carbocycles. The summed E-state index contributed by atoms with van der Waals surface area (Å²) in [4.78, 5) is 21.2. The van der Waals surface area contributed by atoms with Crippen molar-refractivity contribution in [3.05, 3.63) is 71.3 Å². The van der Waals surface area contributed by atoms with Crippen molar-refractivity contribution >= 4 is 17.5 Å². The highest BCUT2D eigenvalue weighted by molar-refractivity contribution is 5.73. The van der Waals surface area contributed by atoms with Crippen molar-refractivity contribution in [1.29, 1.82) is 0 Å². The average molecular weight is 579 g/mol. The molecule has 226 valence electrons. The zero-order chi connectivity index (χ0) is 30.4. The van der Waals surface area contributed by atoms with Crippen LogP contribution in [0, 0.1) is 11.8 Å². The molecule has 0 aromatic heterocycles. The molecule has 1 saturated heterocycles. The van der Waals surface area contributed by atoms with E-state index < -0.39 is 23.8 Å². The molecular weight excluding hydrogens is 536 g/mol. The quantitative estimate of drug-likeness (QED) is 0.207. The van der Waals surface area contributed by atoms with Crippen molar-refractivity contribution in [2.75, 3.05) is 19.8 Å². The fraction of sp³-hybridized carbons (Fsp3) is 0.455.